The van der Waals surface area contributed by atoms with E-state index in [1.54, 1.807) is 0 Å². The van der Waals surface area contributed by atoms with E-state index >= 15 is 0 Å². The van der Waals surface area contributed by atoms with Gasteiger partial charge in [-0.1, -0.05) is 34.6 Å². The van der Waals surface area contributed by atoms with E-state index in [9.17, 15) is 0 Å². The molecule has 5 unspecified atom stereocenters. The van der Waals surface area contributed by atoms with Crippen LogP contribution in [0.4, 0.5) is 0 Å². The zero-order valence-corrected chi connectivity index (χ0v) is 14.4. The van der Waals surface area contributed by atoms with Crippen molar-refractivity contribution < 1.29 is 9.47 Å². The lowest BCUT2D eigenvalue weighted by Crippen LogP contribution is -2.64. The summed E-state index contributed by atoms with van der Waals surface area (Å²) in [5, 5.41) is 0. The molecule has 2 nitrogen and oxygen atoms in total. The summed E-state index contributed by atoms with van der Waals surface area (Å²) in [5.41, 5.74) is 0.660. The Morgan fingerprint density at radius 1 is 1.10 bits per heavy atom. The third-order valence-electron chi connectivity index (χ3n) is 7.48. The van der Waals surface area contributed by atoms with Gasteiger partial charge in [-0.2, -0.15) is 0 Å². The molecule has 2 bridgehead atoms. The van der Waals surface area contributed by atoms with Crippen LogP contribution in [0.15, 0.2) is 0 Å². The van der Waals surface area contributed by atoms with Gasteiger partial charge in [0.25, 0.3) is 0 Å². The molecule has 2 aliphatic carbocycles. The third-order valence-corrected chi connectivity index (χ3v) is 7.48. The van der Waals surface area contributed by atoms with Crippen molar-refractivity contribution in [2.75, 3.05) is 0 Å². The standard InChI is InChI=1S/C18H32O2/c1-8-14-12(2)18(20-16(5,6)19-14)11-13-9-10-17(18,7)15(13,3)4/h12-14H,8-11H2,1-7H3. The van der Waals surface area contributed by atoms with E-state index in [0.29, 0.717) is 17.4 Å². The highest BCUT2D eigenvalue weighted by molar-refractivity contribution is 5.21. The van der Waals surface area contributed by atoms with Crippen LogP contribution in [-0.4, -0.2) is 17.5 Å². The van der Waals surface area contributed by atoms with Crippen LogP contribution in [0.25, 0.3) is 0 Å². The van der Waals surface area contributed by atoms with Crippen molar-refractivity contribution in [2.24, 2.45) is 22.7 Å². The van der Waals surface area contributed by atoms with Crippen LogP contribution >= 0.6 is 0 Å². The number of ether oxygens (including phenoxy) is 2. The van der Waals surface area contributed by atoms with E-state index in [2.05, 4.69) is 48.5 Å². The predicted molar refractivity (Wildman–Crippen MR) is 81.5 cm³/mol. The van der Waals surface area contributed by atoms with Gasteiger partial charge in [-0.05, 0) is 50.9 Å². The van der Waals surface area contributed by atoms with Crippen molar-refractivity contribution in [1.82, 2.24) is 0 Å². The lowest BCUT2D eigenvalue weighted by atomic mass is 9.59. The predicted octanol–water partition coefficient (Wildman–Crippen LogP) is 4.77. The highest BCUT2D eigenvalue weighted by Crippen LogP contribution is 2.74. The smallest absolute Gasteiger partial charge is 0.163 e. The maximum atomic E-state index is 6.72. The molecule has 1 aliphatic heterocycles. The normalized spacial score (nSPS) is 52.6. The molecule has 20 heavy (non-hydrogen) atoms. The molecule has 1 heterocycles. The molecule has 0 amide bonds. The van der Waals surface area contributed by atoms with Gasteiger partial charge in [0.1, 0.15) is 0 Å². The molecule has 3 aliphatic rings. The van der Waals surface area contributed by atoms with Crippen molar-refractivity contribution in [2.45, 2.75) is 91.6 Å². The fraction of sp³-hybridized carbons (Fsp3) is 1.00. The van der Waals surface area contributed by atoms with Gasteiger partial charge in [0, 0.05) is 11.3 Å². The van der Waals surface area contributed by atoms with Gasteiger partial charge in [0.05, 0.1) is 11.7 Å². The lowest BCUT2D eigenvalue weighted by molar-refractivity contribution is -0.380. The molecule has 5 atom stereocenters. The minimum Gasteiger partial charge on any atom is -0.347 e. The zero-order chi connectivity index (χ0) is 15.0. The molecular weight excluding hydrogens is 248 g/mol. The molecule has 0 radical (unpaired) electrons. The highest BCUT2D eigenvalue weighted by Gasteiger charge is 2.73. The average molecular weight is 280 g/mol. The molecule has 1 spiro atoms. The Labute approximate surface area is 124 Å². The number of hydrogen-bond acceptors (Lipinski definition) is 2. The average Bonchev–Trinajstić information content (AvgIpc) is 2.65. The van der Waals surface area contributed by atoms with Crippen LogP contribution in [0.5, 0.6) is 0 Å². The lowest BCUT2D eigenvalue weighted by Gasteiger charge is -2.59. The van der Waals surface area contributed by atoms with Gasteiger partial charge >= 0.3 is 0 Å². The molecule has 2 saturated carbocycles. The summed E-state index contributed by atoms with van der Waals surface area (Å²) in [4.78, 5) is 0. The summed E-state index contributed by atoms with van der Waals surface area (Å²) in [7, 11) is 0. The molecule has 3 rings (SSSR count). The van der Waals surface area contributed by atoms with Gasteiger partial charge in [-0.3, -0.25) is 0 Å². The fourth-order valence-electron chi connectivity index (χ4n) is 5.90. The van der Waals surface area contributed by atoms with E-state index in [4.69, 9.17) is 9.47 Å². The van der Waals surface area contributed by atoms with E-state index in [1.807, 2.05) is 0 Å². The highest BCUT2D eigenvalue weighted by atomic mass is 16.7. The first-order chi connectivity index (χ1) is 9.10. The first-order valence-corrected chi connectivity index (χ1v) is 8.48. The Hall–Kier alpha value is -0.0800. The van der Waals surface area contributed by atoms with Crippen molar-refractivity contribution >= 4 is 0 Å². The zero-order valence-electron chi connectivity index (χ0n) is 14.4. The monoisotopic (exact) mass is 280 g/mol. The van der Waals surface area contributed by atoms with Crippen molar-refractivity contribution in [3.05, 3.63) is 0 Å². The Kier molecular flexibility index (Phi) is 2.98. The van der Waals surface area contributed by atoms with Crippen LogP contribution in [-0.2, 0) is 9.47 Å². The first-order valence-electron chi connectivity index (χ1n) is 8.48. The second-order valence-electron chi connectivity index (χ2n) is 8.74. The van der Waals surface area contributed by atoms with Crippen molar-refractivity contribution in [3.63, 3.8) is 0 Å². The topological polar surface area (TPSA) is 18.5 Å². The first kappa shape index (κ1) is 14.8. The van der Waals surface area contributed by atoms with Crippen LogP contribution < -0.4 is 0 Å². The van der Waals surface area contributed by atoms with E-state index in [0.717, 1.165) is 12.3 Å². The molecule has 3 fully saturated rings. The summed E-state index contributed by atoms with van der Waals surface area (Å²) < 4.78 is 12.9. The molecule has 2 heteroatoms. The summed E-state index contributed by atoms with van der Waals surface area (Å²) >= 11 is 0. The second kappa shape index (κ2) is 4.01. The van der Waals surface area contributed by atoms with E-state index in [-0.39, 0.29) is 11.0 Å². The van der Waals surface area contributed by atoms with Gasteiger partial charge in [0.15, 0.2) is 5.79 Å². The van der Waals surface area contributed by atoms with E-state index in [1.165, 1.54) is 19.3 Å². The van der Waals surface area contributed by atoms with Gasteiger partial charge in [0.2, 0.25) is 0 Å². The maximum Gasteiger partial charge on any atom is 0.163 e. The van der Waals surface area contributed by atoms with Crippen molar-refractivity contribution in [1.29, 1.82) is 0 Å². The molecule has 0 aromatic heterocycles. The molecule has 0 aromatic carbocycles. The Morgan fingerprint density at radius 2 is 1.75 bits per heavy atom. The van der Waals surface area contributed by atoms with Gasteiger partial charge < -0.3 is 9.47 Å². The van der Waals surface area contributed by atoms with Crippen LogP contribution in [0.1, 0.15) is 74.1 Å². The van der Waals surface area contributed by atoms with Crippen LogP contribution in [0.3, 0.4) is 0 Å². The number of rotatable bonds is 1. The van der Waals surface area contributed by atoms with Gasteiger partial charge in [-0.15, -0.1) is 0 Å². The van der Waals surface area contributed by atoms with Crippen LogP contribution in [0, 0.1) is 22.7 Å². The Balaban J connectivity index is 2.07. The SMILES string of the molecule is CCC1OC(C)(C)OC2(CC3CCC2(C)C3(C)C)C1C. The minimum absolute atomic E-state index is 0.00183. The maximum absolute atomic E-state index is 6.72. The summed E-state index contributed by atoms with van der Waals surface area (Å²) in [6.07, 6.45) is 5.31. The summed E-state index contributed by atoms with van der Waals surface area (Å²) in [6.45, 7) is 16.3. The van der Waals surface area contributed by atoms with Crippen molar-refractivity contribution in [3.8, 4) is 0 Å². The van der Waals surface area contributed by atoms with Gasteiger partial charge in [-0.25, -0.2) is 0 Å². The molecule has 0 aromatic rings. The summed E-state index contributed by atoms with van der Waals surface area (Å²) in [6, 6.07) is 0. The summed E-state index contributed by atoms with van der Waals surface area (Å²) in [5.74, 6) is 0.841. The molecule has 0 N–H and O–H groups in total. The molecular formula is C18H32O2. The molecule has 1 saturated heterocycles. The Morgan fingerprint density at radius 3 is 2.20 bits per heavy atom. The third kappa shape index (κ3) is 1.53. The van der Waals surface area contributed by atoms with E-state index < -0.39 is 5.79 Å². The Bertz CT molecular complexity index is 414. The molecule has 116 valence electrons. The largest absolute Gasteiger partial charge is 0.347 e. The number of fused-ring (bicyclic) bond motifs is 3. The fourth-order valence-corrected chi connectivity index (χ4v) is 5.90. The van der Waals surface area contributed by atoms with Crippen LogP contribution in [0.2, 0.25) is 0 Å². The quantitative estimate of drug-likeness (QED) is 0.689. The second-order valence-corrected chi connectivity index (χ2v) is 8.74. The minimum atomic E-state index is -0.448. The number of hydrogen-bond donors (Lipinski definition) is 0.